The van der Waals surface area contributed by atoms with Crippen LogP contribution in [0.5, 0.6) is 0 Å². The first-order valence-electron chi connectivity index (χ1n) is 11.0. The molecule has 0 saturated carbocycles. The van der Waals surface area contributed by atoms with Crippen LogP contribution in [-0.2, 0) is 16.3 Å². The molecule has 8 nitrogen and oxygen atoms in total. The van der Waals surface area contributed by atoms with Gasteiger partial charge in [0.1, 0.15) is 16.3 Å². The average molecular weight is 448 g/mol. The van der Waals surface area contributed by atoms with Gasteiger partial charge >= 0.3 is 0 Å². The number of aryl methyl sites for hydroxylation is 2. The van der Waals surface area contributed by atoms with Gasteiger partial charge in [-0.3, -0.25) is 4.79 Å². The minimum Gasteiger partial charge on any atom is -0.456 e. The molecule has 3 saturated heterocycles. The Balaban J connectivity index is 1.27. The molecule has 1 unspecified atom stereocenters. The molecule has 5 rings (SSSR count). The van der Waals surface area contributed by atoms with Gasteiger partial charge in [-0.1, -0.05) is 5.16 Å². The fourth-order valence-electron chi connectivity index (χ4n) is 5.42. The summed E-state index contributed by atoms with van der Waals surface area (Å²) in [6.45, 7) is 7.19. The van der Waals surface area contributed by atoms with Gasteiger partial charge in [-0.05, 0) is 64.3 Å². The maximum Gasteiger partial charge on any atom is 0.289 e. The van der Waals surface area contributed by atoms with Crippen molar-refractivity contribution in [2.45, 2.75) is 44.3 Å². The van der Waals surface area contributed by atoms with Gasteiger partial charge in [0.25, 0.3) is 5.91 Å². The van der Waals surface area contributed by atoms with Crippen LogP contribution in [0, 0.1) is 19.8 Å². The molecule has 168 valence electrons. The lowest BCUT2D eigenvalue weighted by Crippen LogP contribution is -2.69. The zero-order valence-electron chi connectivity index (χ0n) is 18.1. The van der Waals surface area contributed by atoms with Crippen molar-refractivity contribution in [3.8, 4) is 0 Å². The normalized spacial score (nSPS) is 24.7. The molecule has 3 fully saturated rings. The van der Waals surface area contributed by atoms with Gasteiger partial charge in [-0.15, -0.1) is 0 Å². The molecule has 0 radical (unpaired) electrons. The quantitative estimate of drug-likeness (QED) is 0.693. The van der Waals surface area contributed by atoms with Crippen LogP contribution in [0.15, 0.2) is 21.1 Å². The van der Waals surface area contributed by atoms with Crippen molar-refractivity contribution in [1.29, 1.82) is 0 Å². The largest absolute Gasteiger partial charge is 0.456 e. The number of sulfone groups is 1. The molecule has 1 spiro atoms. The van der Waals surface area contributed by atoms with Crippen molar-refractivity contribution >= 4 is 15.7 Å². The van der Waals surface area contributed by atoms with Crippen molar-refractivity contribution in [3.05, 3.63) is 40.7 Å². The van der Waals surface area contributed by atoms with Crippen molar-refractivity contribution in [2.75, 3.05) is 38.5 Å². The molecule has 9 heteroatoms. The number of carbonyl (C=O) groups is 1. The predicted molar refractivity (Wildman–Crippen MR) is 114 cm³/mol. The highest BCUT2D eigenvalue weighted by molar-refractivity contribution is 7.93. The van der Waals surface area contributed by atoms with Crippen LogP contribution in [-0.4, -0.2) is 72.5 Å². The molecule has 3 aliphatic rings. The third kappa shape index (κ3) is 3.42. The molecule has 0 bridgehead atoms. The van der Waals surface area contributed by atoms with Crippen molar-refractivity contribution in [2.24, 2.45) is 5.92 Å². The zero-order chi connectivity index (χ0) is 21.8. The van der Waals surface area contributed by atoms with E-state index in [9.17, 15) is 13.2 Å². The summed E-state index contributed by atoms with van der Waals surface area (Å²) >= 11 is 0. The number of hydrogen-bond donors (Lipinski definition) is 0. The van der Waals surface area contributed by atoms with Crippen LogP contribution < -0.4 is 0 Å². The monoisotopic (exact) mass is 447 g/mol. The van der Waals surface area contributed by atoms with E-state index in [1.165, 1.54) is 12.8 Å². The van der Waals surface area contributed by atoms with Crippen LogP contribution in [0.25, 0.3) is 0 Å². The Hall–Kier alpha value is -2.13. The Morgan fingerprint density at radius 2 is 1.97 bits per heavy atom. The van der Waals surface area contributed by atoms with Crippen LogP contribution in [0.4, 0.5) is 0 Å². The Morgan fingerprint density at radius 3 is 2.65 bits per heavy atom. The van der Waals surface area contributed by atoms with Crippen LogP contribution in [0.1, 0.15) is 52.6 Å². The first-order valence-corrected chi connectivity index (χ1v) is 12.7. The summed E-state index contributed by atoms with van der Waals surface area (Å²) in [4.78, 5) is 17.0. The highest BCUT2D eigenvalue weighted by atomic mass is 32.2. The Labute approximate surface area is 182 Å². The van der Waals surface area contributed by atoms with E-state index < -0.39 is 14.6 Å². The predicted octanol–water partition coefficient (Wildman–Crippen LogP) is 2.20. The first-order chi connectivity index (χ1) is 14.8. The van der Waals surface area contributed by atoms with Gasteiger partial charge in [-0.25, -0.2) is 8.42 Å². The average Bonchev–Trinajstić information content (AvgIpc) is 3.46. The second-order valence-electron chi connectivity index (χ2n) is 9.28. The van der Waals surface area contributed by atoms with E-state index in [4.69, 9.17) is 8.94 Å². The summed E-state index contributed by atoms with van der Waals surface area (Å²) in [6.07, 6.45) is 3.57. The minimum atomic E-state index is -3.20. The number of furan rings is 1. The molecule has 3 aliphatic heterocycles. The lowest BCUT2D eigenvalue weighted by molar-refractivity contribution is 0.0402. The molecule has 2 aromatic rings. The van der Waals surface area contributed by atoms with Crippen LogP contribution in [0.3, 0.4) is 0 Å². The fraction of sp³-hybridized carbons (Fsp3) is 0.636. The van der Waals surface area contributed by atoms with Gasteiger partial charge in [-0.2, -0.15) is 0 Å². The number of aromatic nitrogens is 1. The Morgan fingerprint density at radius 1 is 1.23 bits per heavy atom. The third-order valence-electron chi connectivity index (χ3n) is 7.38. The van der Waals surface area contributed by atoms with Crippen LogP contribution in [0.2, 0.25) is 0 Å². The maximum absolute atomic E-state index is 13.0. The Bertz CT molecular complexity index is 1070. The number of likely N-dealkylation sites (tertiary alicyclic amines) is 2. The number of amides is 1. The molecule has 2 aromatic heterocycles. The Kier molecular flexibility index (Phi) is 5.01. The number of nitrogens with zero attached hydrogens (tertiary/aromatic N) is 3. The summed E-state index contributed by atoms with van der Waals surface area (Å²) in [5.74, 6) is 1.75. The molecular formula is C22H29N3O5S. The lowest BCUT2D eigenvalue weighted by atomic mass is 9.82. The van der Waals surface area contributed by atoms with Gasteiger partial charge in [0, 0.05) is 31.6 Å². The molecule has 0 aliphatic carbocycles. The van der Waals surface area contributed by atoms with Gasteiger partial charge in [0.05, 0.1) is 11.4 Å². The van der Waals surface area contributed by atoms with Gasteiger partial charge in [0.15, 0.2) is 15.6 Å². The van der Waals surface area contributed by atoms with E-state index >= 15 is 0 Å². The number of rotatable bonds is 5. The van der Waals surface area contributed by atoms with Crippen molar-refractivity contribution in [3.63, 3.8) is 0 Å². The number of carbonyl (C=O) groups excluding carboxylic acids is 1. The summed E-state index contributed by atoms with van der Waals surface area (Å²) in [7, 11) is -3.20. The van der Waals surface area contributed by atoms with Crippen molar-refractivity contribution < 1.29 is 22.2 Å². The molecule has 0 N–H and O–H groups in total. The second kappa shape index (κ2) is 7.48. The molecule has 31 heavy (non-hydrogen) atoms. The highest BCUT2D eigenvalue weighted by Crippen LogP contribution is 2.45. The lowest BCUT2D eigenvalue weighted by Gasteiger charge is -2.50. The first kappa shape index (κ1) is 20.8. The number of hydrogen-bond acceptors (Lipinski definition) is 7. The van der Waals surface area contributed by atoms with Gasteiger partial charge < -0.3 is 18.7 Å². The van der Waals surface area contributed by atoms with E-state index in [0.29, 0.717) is 18.6 Å². The molecule has 1 atom stereocenters. The van der Waals surface area contributed by atoms with Crippen LogP contribution >= 0.6 is 0 Å². The van der Waals surface area contributed by atoms with E-state index in [1.54, 1.807) is 17.0 Å². The second-order valence-corrected chi connectivity index (χ2v) is 11.7. The summed E-state index contributed by atoms with van der Waals surface area (Å²) < 4.78 is 36.0. The summed E-state index contributed by atoms with van der Waals surface area (Å²) in [5, 5.41) is 3.95. The third-order valence-corrected chi connectivity index (χ3v) is 9.99. The highest BCUT2D eigenvalue weighted by Gasteiger charge is 2.62. The minimum absolute atomic E-state index is 0.103. The van der Waals surface area contributed by atoms with Crippen molar-refractivity contribution in [1.82, 2.24) is 15.0 Å². The van der Waals surface area contributed by atoms with E-state index in [0.717, 1.165) is 36.7 Å². The molecule has 0 aromatic carbocycles. The van der Waals surface area contributed by atoms with Gasteiger partial charge in [0.2, 0.25) is 0 Å². The summed E-state index contributed by atoms with van der Waals surface area (Å²) in [5.41, 5.74) is 1.76. The van der Waals surface area contributed by atoms with E-state index in [2.05, 4.69) is 10.1 Å². The molecule has 1 amide bonds. The maximum atomic E-state index is 13.0. The standard InChI is InChI=1S/C22H29N3O5S/c1-15-19(16(2)30-23-15)11-18-5-6-20(29-18)21(26)25-13-22(14-25)17(7-10-31(22,27)28)12-24-8-3-4-9-24/h5-6,17H,3-4,7-14H2,1-2H3. The van der Waals surface area contributed by atoms with E-state index in [-0.39, 0.29) is 36.4 Å². The fourth-order valence-corrected chi connectivity index (χ4v) is 7.83. The zero-order valence-corrected chi connectivity index (χ0v) is 18.9. The SMILES string of the molecule is Cc1noc(C)c1Cc1ccc(C(=O)N2CC3(C2)C(CN2CCCC2)CCS3(=O)=O)o1. The van der Waals surface area contributed by atoms with E-state index in [1.807, 2.05) is 13.8 Å². The molecular weight excluding hydrogens is 418 g/mol. The molecule has 5 heterocycles. The topological polar surface area (TPSA) is 96.9 Å². The smallest absolute Gasteiger partial charge is 0.289 e. The summed E-state index contributed by atoms with van der Waals surface area (Å²) in [6, 6.07) is 3.46.